The fourth-order valence-corrected chi connectivity index (χ4v) is 2.85. The first-order valence-electron chi connectivity index (χ1n) is 6.79. The van der Waals surface area contributed by atoms with Crippen molar-refractivity contribution in [3.8, 4) is 16.9 Å². The van der Waals surface area contributed by atoms with E-state index < -0.39 is 0 Å². The van der Waals surface area contributed by atoms with Crippen LogP contribution in [0, 0.1) is 0 Å². The van der Waals surface area contributed by atoms with Crippen LogP contribution in [0.4, 0.5) is 11.4 Å². The van der Waals surface area contributed by atoms with Crippen LogP contribution in [0.3, 0.4) is 0 Å². The van der Waals surface area contributed by atoms with Crippen molar-refractivity contribution in [1.82, 2.24) is 9.78 Å². The highest BCUT2D eigenvalue weighted by atomic mass is 16.5. The molecular formula is C15H18N4O2. The molecule has 0 bridgehead atoms. The largest absolute Gasteiger partial charge is 0.495 e. The molecule has 1 aromatic heterocycles. The smallest absolute Gasteiger partial charge is 0.223 e. The van der Waals surface area contributed by atoms with Crippen molar-refractivity contribution in [2.75, 3.05) is 24.3 Å². The van der Waals surface area contributed by atoms with Crippen LogP contribution >= 0.6 is 0 Å². The van der Waals surface area contributed by atoms with Gasteiger partial charge < -0.3 is 15.4 Å². The molecule has 110 valence electrons. The summed E-state index contributed by atoms with van der Waals surface area (Å²) >= 11 is 0. The molecule has 1 aliphatic rings. The van der Waals surface area contributed by atoms with Crippen molar-refractivity contribution in [2.24, 2.45) is 7.05 Å². The highest BCUT2D eigenvalue weighted by Gasteiger charge is 2.25. The predicted molar refractivity (Wildman–Crippen MR) is 81.3 cm³/mol. The van der Waals surface area contributed by atoms with E-state index >= 15 is 0 Å². The number of carbonyl (C=O) groups is 1. The summed E-state index contributed by atoms with van der Waals surface area (Å²) in [7, 11) is 3.48. The Bertz CT molecular complexity index is 721. The Labute approximate surface area is 123 Å². The lowest BCUT2D eigenvalue weighted by Crippen LogP contribution is -2.30. The molecule has 2 aromatic rings. The van der Waals surface area contributed by atoms with E-state index in [2.05, 4.69) is 5.10 Å². The van der Waals surface area contributed by atoms with Crippen molar-refractivity contribution in [1.29, 1.82) is 0 Å². The van der Waals surface area contributed by atoms with Crippen molar-refractivity contribution in [2.45, 2.75) is 13.3 Å². The number of carbonyl (C=O) groups excluding carboxylic acids is 1. The van der Waals surface area contributed by atoms with Crippen molar-refractivity contribution >= 4 is 17.3 Å². The molecular weight excluding hydrogens is 268 g/mol. The van der Waals surface area contributed by atoms with Gasteiger partial charge in [0.15, 0.2) is 0 Å². The van der Waals surface area contributed by atoms with Gasteiger partial charge in [-0.3, -0.25) is 9.48 Å². The summed E-state index contributed by atoms with van der Waals surface area (Å²) in [5.74, 6) is 0.580. The van der Waals surface area contributed by atoms with Gasteiger partial charge in [0.1, 0.15) is 5.75 Å². The van der Waals surface area contributed by atoms with Crippen molar-refractivity contribution in [3.63, 3.8) is 0 Å². The molecule has 0 fully saturated rings. The molecule has 2 N–H and O–H groups in total. The van der Waals surface area contributed by atoms with Crippen LogP contribution in [-0.2, 0) is 18.3 Å². The highest BCUT2D eigenvalue weighted by molar-refractivity contribution is 5.99. The summed E-state index contributed by atoms with van der Waals surface area (Å²) in [6.45, 7) is 2.18. The standard InChI is InChI=1S/C15H18N4O2/c1-9(20)19-5-4-13-11(8-17-18(13)2)10-6-12(16)15(21-3)7-14(10)19/h6-8H,4-5,16H2,1-3H3. The molecule has 0 saturated heterocycles. The Morgan fingerprint density at radius 3 is 2.81 bits per heavy atom. The number of anilines is 2. The molecule has 1 aliphatic heterocycles. The maximum absolute atomic E-state index is 12.0. The number of nitrogens with zero attached hydrogens (tertiary/aromatic N) is 3. The quantitative estimate of drug-likeness (QED) is 0.808. The van der Waals surface area contributed by atoms with Gasteiger partial charge in [0.05, 0.1) is 24.7 Å². The van der Waals surface area contributed by atoms with Crippen molar-refractivity contribution in [3.05, 3.63) is 24.0 Å². The van der Waals surface area contributed by atoms with E-state index in [4.69, 9.17) is 10.5 Å². The van der Waals surface area contributed by atoms with Crippen molar-refractivity contribution < 1.29 is 9.53 Å². The van der Waals surface area contributed by atoms with Gasteiger partial charge in [-0.15, -0.1) is 0 Å². The third-order valence-electron chi connectivity index (χ3n) is 3.94. The predicted octanol–water partition coefficient (Wildman–Crippen LogP) is 1.59. The van der Waals surface area contributed by atoms with Gasteiger partial charge in [0, 0.05) is 49.8 Å². The number of benzene rings is 1. The lowest BCUT2D eigenvalue weighted by atomic mass is 10.0. The maximum Gasteiger partial charge on any atom is 0.223 e. The molecule has 1 amide bonds. The van der Waals surface area contributed by atoms with Crippen LogP contribution in [0.1, 0.15) is 12.6 Å². The van der Waals surface area contributed by atoms with Gasteiger partial charge in [-0.2, -0.15) is 5.10 Å². The van der Waals surface area contributed by atoms with Gasteiger partial charge in [-0.05, 0) is 6.07 Å². The summed E-state index contributed by atoms with van der Waals surface area (Å²) < 4.78 is 7.14. The summed E-state index contributed by atoms with van der Waals surface area (Å²) in [5, 5.41) is 4.32. The third kappa shape index (κ3) is 2.03. The summed E-state index contributed by atoms with van der Waals surface area (Å²) in [4.78, 5) is 13.7. The average molecular weight is 286 g/mol. The van der Waals surface area contributed by atoms with E-state index in [0.717, 1.165) is 28.9 Å². The molecule has 0 spiro atoms. The summed E-state index contributed by atoms with van der Waals surface area (Å²) in [5.41, 5.74) is 10.4. The summed E-state index contributed by atoms with van der Waals surface area (Å²) in [6, 6.07) is 3.68. The molecule has 3 rings (SSSR count). The number of aryl methyl sites for hydroxylation is 1. The van der Waals surface area contributed by atoms with Crippen LogP contribution in [0.2, 0.25) is 0 Å². The number of ether oxygens (including phenoxy) is 1. The fourth-order valence-electron chi connectivity index (χ4n) is 2.85. The van der Waals surface area contributed by atoms with Crippen LogP contribution in [-0.4, -0.2) is 29.3 Å². The number of nitrogens with two attached hydrogens (primary N) is 1. The Morgan fingerprint density at radius 2 is 2.14 bits per heavy atom. The molecule has 6 nitrogen and oxygen atoms in total. The zero-order chi connectivity index (χ0) is 15.1. The molecule has 6 heteroatoms. The number of hydrogen-bond acceptors (Lipinski definition) is 4. The number of hydrogen-bond donors (Lipinski definition) is 1. The maximum atomic E-state index is 12.0. The van der Waals surface area contributed by atoms with E-state index in [9.17, 15) is 4.79 Å². The molecule has 1 aromatic carbocycles. The number of rotatable bonds is 1. The van der Waals surface area contributed by atoms with E-state index in [0.29, 0.717) is 18.0 Å². The van der Waals surface area contributed by atoms with Crippen LogP contribution in [0.15, 0.2) is 18.3 Å². The van der Waals surface area contributed by atoms with E-state index in [1.807, 2.05) is 30.1 Å². The van der Waals surface area contributed by atoms with Gasteiger partial charge in [0.25, 0.3) is 0 Å². The molecule has 0 radical (unpaired) electrons. The lowest BCUT2D eigenvalue weighted by molar-refractivity contribution is -0.116. The lowest BCUT2D eigenvalue weighted by Gasteiger charge is -2.22. The third-order valence-corrected chi connectivity index (χ3v) is 3.94. The minimum atomic E-state index is 0.00356. The number of aromatic nitrogens is 2. The monoisotopic (exact) mass is 286 g/mol. The molecule has 0 aliphatic carbocycles. The Balaban J connectivity index is 2.29. The molecule has 2 heterocycles. The fraction of sp³-hybridized carbons (Fsp3) is 0.333. The zero-order valence-electron chi connectivity index (χ0n) is 12.4. The SMILES string of the molecule is COc1cc2c(cc1N)-c1cnn(C)c1CCN2C(C)=O. The van der Waals surface area contributed by atoms with E-state index in [1.54, 1.807) is 18.9 Å². The minimum absolute atomic E-state index is 0.00356. The first-order valence-corrected chi connectivity index (χ1v) is 6.79. The Morgan fingerprint density at radius 1 is 1.38 bits per heavy atom. The highest BCUT2D eigenvalue weighted by Crippen LogP contribution is 2.41. The number of nitrogen functional groups attached to an aromatic ring is 1. The van der Waals surface area contributed by atoms with Crippen LogP contribution in [0.25, 0.3) is 11.1 Å². The molecule has 21 heavy (non-hydrogen) atoms. The van der Waals surface area contributed by atoms with Crippen LogP contribution in [0.5, 0.6) is 5.75 Å². The van der Waals surface area contributed by atoms with E-state index in [1.165, 1.54) is 0 Å². The number of fused-ring (bicyclic) bond motifs is 3. The average Bonchev–Trinajstić information content (AvgIpc) is 2.72. The van der Waals surface area contributed by atoms with Gasteiger partial charge in [-0.25, -0.2) is 0 Å². The second-order valence-electron chi connectivity index (χ2n) is 5.16. The van der Waals surface area contributed by atoms with E-state index in [-0.39, 0.29) is 5.91 Å². The molecule has 0 unspecified atom stereocenters. The minimum Gasteiger partial charge on any atom is -0.495 e. The zero-order valence-corrected chi connectivity index (χ0v) is 12.4. The molecule has 0 atom stereocenters. The van der Waals surface area contributed by atoms with Gasteiger partial charge >= 0.3 is 0 Å². The number of amides is 1. The first kappa shape index (κ1) is 13.5. The number of methoxy groups -OCH3 is 1. The Hall–Kier alpha value is -2.50. The second kappa shape index (κ2) is 4.80. The van der Waals surface area contributed by atoms with Gasteiger partial charge in [-0.1, -0.05) is 0 Å². The molecule has 0 saturated carbocycles. The normalized spacial score (nSPS) is 13.4. The topological polar surface area (TPSA) is 73.4 Å². The summed E-state index contributed by atoms with van der Waals surface area (Å²) in [6.07, 6.45) is 2.58. The van der Waals surface area contributed by atoms with Gasteiger partial charge in [0.2, 0.25) is 5.91 Å². The Kier molecular flexibility index (Phi) is 3.08. The first-order chi connectivity index (χ1) is 10.0. The van der Waals surface area contributed by atoms with Crippen LogP contribution < -0.4 is 15.4 Å². The second-order valence-corrected chi connectivity index (χ2v) is 5.16.